The van der Waals surface area contributed by atoms with Gasteiger partial charge < -0.3 is 20.1 Å². The highest BCUT2D eigenvalue weighted by Crippen LogP contribution is 2.40. The van der Waals surface area contributed by atoms with E-state index in [1.165, 1.54) is 29.5 Å². The van der Waals surface area contributed by atoms with E-state index in [0.717, 1.165) is 35.8 Å². The van der Waals surface area contributed by atoms with Crippen LogP contribution in [0.25, 0.3) is 0 Å². The Balaban J connectivity index is 1.56. The van der Waals surface area contributed by atoms with Crippen molar-refractivity contribution >= 4 is 40.1 Å². The molecule has 33 heavy (non-hydrogen) atoms. The van der Waals surface area contributed by atoms with Crippen molar-refractivity contribution in [1.82, 2.24) is 5.32 Å². The Kier molecular flexibility index (Phi) is 8.16. The molecule has 10 heteroatoms. The number of hydrogen-bond donors (Lipinski definition) is 2. The Morgan fingerprint density at radius 2 is 1.94 bits per heavy atom. The number of thiophene rings is 1. The minimum absolute atomic E-state index is 0.203. The average molecular weight is 477 g/mol. The Bertz CT molecular complexity index is 1070. The van der Waals surface area contributed by atoms with Crippen LogP contribution in [0.5, 0.6) is 0 Å². The Labute approximate surface area is 194 Å². The van der Waals surface area contributed by atoms with E-state index in [1.54, 1.807) is 6.92 Å². The highest BCUT2D eigenvalue weighted by molar-refractivity contribution is 7.17. The Morgan fingerprint density at radius 1 is 1.18 bits per heavy atom. The zero-order chi connectivity index (χ0) is 24.0. The first-order valence-corrected chi connectivity index (χ1v) is 11.4. The van der Waals surface area contributed by atoms with Gasteiger partial charge in [0.1, 0.15) is 17.4 Å². The van der Waals surface area contributed by atoms with Gasteiger partial charge in [-0.25, -0.2) is 9.18 Å². The van der Waals surface area contributed by atoms with Crippen LogP contribution >= 0.6 is 11.3 Å². The molecule has 8 nitrogen and oxygen atoms in total. The van der Waals surface area contributed by atoms with Gasteiger partial charge >= 0.3 is 11.9 Å². The summed E-state index contributed by atoms with van der Waals surface area (Å²) < 4.78 is 23.7. The zero-order valence-electron chi connectivity index (χ0n) is 18.4. The predicted octanol–water partition coefficient (Wildman–Crippen LogP) is 3.10. The van der Waals surface area contributed by atoms with Gasteiger partial charge in [-0.15, -0.1) is 11.3 Å². The van der Waals surface area contributed by atoms with Gasteiger partial charge in [-0.1, -0.05) is 19.1 Å². The number of fused-ring (bicyclic) bond motifs is 1. The topological polar surface area (TPSA) is 111 Å². The van der Waals surface area contributed by atoms with E-state index in [0.29, 0.717) is 16.5 Å². The molecule has 2 aromatic rings. The number of halogens is 1. The SMILES string of the molecule is CCOC(=O)c1c(NC(=O)COC(=O)CNC(=O)c2ccccc2F)sc2c1CCC(C)C2. The quantitative estimate of drug-likeness (QED) is 0.567. The van der Waals surface area contributed by atoms with Crippen LogP contribution in [0.1, 0.15) is 51.4 Å². The van der Waals surface area contributed by atoms with Gasteiger partial charge in [0, 0.05) is 4.88 Å². The summed E-state index contributed by atoms with van der Waals surface area (Å²) in [5, 5.41) is 5.26. The van der Waals surface area contributed by atoms with E-state index >= 15 is 0 Å². The molecule has 2 amide bonds. The predicted molar refractivity (Wildman–Crippen MR) is 120 cm³/mol. The summed E-state index contributed by atoms with van der Waals surface area (Å²) in [5.74, 6) is -2.98. The number of rotatable bonds is 8. The van der Waals surface area contributed by atoms with Crippen molar-refractivity contribution in [3.05, 3.63) is 51.7 Å². The maximum atomic E-state index is 13.6. The molecule has 1 heterocycles. The normalized spacial score (nSPS) is 14.7. The third-order valence-electron chi connectivity index (χ3n) is 5.12. The summed E-state index contributed by atoms with van der Waals surface area (Å²) in [5.41, 5.74) is 1.06. The molecule has 0 fully saturated rings. The molecule has 3 rings (SSSR count). The number of nitrogens with one attached hydrogen (secondary N) is 2. The number of esters is 2. The highest BCUT2D eigenvalue weighted by Gasteiger charge is 2.29. The lowest BCUT2D eigenvalue weighted by Crippen LogP contribution is -2.32. The van der Waals surface area contributed by atoms with Crippen LogP contribution in [-0.4, -0.2) is 43.5 Å². The Hall–Kier alpha value is -3.27. The molecule has 0 aliphatic heterocycles. The number of carbonyl (C=O) groups excluding carboxylic acids is 4. The van der Waals surface area contributed by atoms with E-state index in [-0.39, 0.29) is 12.2 Å². The first kappa shape index (κ1) is 24.4. The van der Waals surface area contributed by atoms with Gasteiger partial charge in [-0.05, 0) is 49.8 Å². The molecule has 1 atom stereocenters. The molecule has 1 aliphatic rings. The van der Waals surface area contributed by atoms with Crippen LogP contribution in [0, 0.1) is 11.7 Å². The molecule has 0 radical (unpaired) electrons. The van der Waals surface area contributed by atoms with E-state index in [1.807, 2.05) is 0 Å². The van der Waals surface area contributed by atoms with Crippen LogP contribution in [0.3, 0.4) is 0 Å². The van der Waals surface area contributed by atoms with Crippen molar-refractivity contribution in [3.8, 4) is 0 Å². The smallest absolute Gasteiger partial charge is 0.341 e. The summed E-state index contributed by atoms with van der Waals surface area (Å²) in [7, 11) is 0. The van der Waals surface area contributed by atoms with Gasteiger partial charge in [0.05, 0.1) is 17.7 Å². The molecule has 0 bridgehead atoms. The van der Waals surface area contributed by atoms with Crippen molar-refractivity contribution in [2.75, 3.05) is 25.1 Å². The number of benzene rings is 1. The molecule has 1 aromatic heterocycles. The van der Waals surface area contributed by atoms with E-state index in [2.05, 4.69) is 17.6 Å². The summed E-state index contributed by atoms with van der Waals surface area (Å²) >= 11 is 1.33. The fourth-order valence-corrected chi connectivity index (χ4v) is 4.93. The summed E-state index contributed by atoms with van der Waals surface area (Å²) in [6.45, 7) is 2.93. The number of amides is 2. The van der Waals surface area contributed by atoms with Gasteiger partial charge in [0.25, 0.3) is 11.8 Å². The monoisotopic (exact) mass is 476 g/mol. The van der Waals surface area contributed by atoms with Gasteiger partial charge in [0.15, 0.2) is 6.61 Å². The number of hydrogen-bond acceptors (Lipinski definition) is 7. The summed E-state index contributed by atoms with van der Waals surface area (Å²) in [4.78, 5) is 49.7. The number of carbonyl (C=O) groups is 4. The number of ether oxygens (including phenoxy) is 2. The van der Waals surface area contributed by atoms with Crippen molar-refractivity contribution in [2.45, 2.75) is 33.1 Å². The molecular weight excluding hydrogens is 451 g/mol. The van der Waals surface area contributed by atoms with E-state index < -0.39 is 42.7 Å². The van der Waals surface area contributed by atoms with Crippen molar-refractivity contribution in [1.29, 1.82) is 0 Å². The average Bonchev–Trinajstić information content (AvgIpc) is 3.13. The third-order valence-corrected chi connectivity index (χ3v) is 6.29. The maximum Gasteiger partial charge on any atom is 0.341 e. The standard InChI is InChI=1S/C23H25FN2O6S/c1-3-31-23(30)20-15-9-8-13(2)10-17(15)33-22(20)26-18(27)12-32-19(28)11-25-21(29)14-6-4-5-7-16(14)24/h4-7,13H,3,8-12H2,1-2H3,(H,25,29)(H,26,27). The van der Waals surface area contributed by atoms with Crippen LogP contribution in [0.4, 0.5) is 9.39 Å². The van der Waals surface area contributed by atoms with E-state index in [4.69, 9.17) is 9.47 Å². The Morgan fingerprint density at radius 3 is 2.67 bits per heavy atom. The van der Waals surface area contributed by atoms with Crippen molar-refractivity contribution < 1.29 is 33.0 Å². The van der Waals surface area contributed by atoms with Crippen LogP contribution < -0.4 is 10.6 Å². The fourth-order valence-electron chi connectivity index (χ4n) is 3.51. The van der Waals surface area contributed by atoms with Crippen LogP contribution in [-0.2, 0) is 31.9 Å². The molecule has 176 valence electrons. The summed E-state index contributed by atoms with van der Waals surface area (Å²) in [6.07, 6.45) is 2.49. The second kappa shape index (κ2) is 11.0. The van der Waals surface area contributed by atoms with Crippen molar-refractivity contribution in [3.63, 3.8) is 0 Å². The molecule has 0 saturated heterocycles. The summed E-state index contributed by atoms with van der Waals surface area (Å²) in [6, 6.07) is 5.35. The minimum atomic E-state index is -0.861. The van der Waals surface area contributed by atoms with Crippen LogP contribution in [0.15, 0.2) is 24.3 Å². The lowest BCUT2D eigenvalue weighted by Gasteiger charge is -2.18. The zero-order valence-corrected chi connectivity index (χ0v) is 19.2. The molecule has 0 spiro atoms. The molecule has 2 N–H and O–H groups in total. The van der Waals surface area contributed by atoms with Gasteiger partial charge in [0.2, 0.25) is 0 Å². The van der Waals surface area contributed by atoms with E-state index in [9.17, 15) is 23.6 Å². The first-order valence-electron chi connectivity index (χ1n) is 10.6. The molecule has 1 unspecified atom stereocenters. The fraction of sp³-hybridized carbons (Fsp3) is 0.391. The molecule has 0 saturated carbocycles. The van der Waals surface area contributed by atoms with Gasteiger partial charge in [-0.2, -0.15) is 0 Å². The molecule has 1 aromatic carbocycles. The lowest BCUT2D eigenvalue weighted by atomic mass is 9.88. The highest BCUT2D eigenvalue weighted by atomic mass is 32.1. The minimum Gasteiger partial charge on any atom is -0.462 e. The first-order chi connectivity index (χ1) is 15.8. The molecule has 1 aliphatic carbocycles. The third kappa shape index (κ3) is 6.16. The number of anilines is 1. The molecular formula is C23H25FN2O6S. The maximum absolute atomic E-state index is 13.6. The lowest BCUT2D eigenvalue weighted by molar-refractivity contribution is -0.146. The van der Waals surface area contributed by atoms with Gasteiger partial charge in [-0.3, -0.25) is 14.4 Å². The second-order valence-corrected chi connectivity index (χ2v) is 8.75. The largest absolute Gasteiger partial charge is 0.462 e. The van der Waals surface area contributed by atoms with Crippen LogP contribution in [0.2, 0.25) is 0 Å². The van der Waals surface area contributed by atoms with Crippen molar-refractivity contribution in [2.24, 2.45) is 5.92 Å². The second-order valence-electron chi connectivity index (χ2n) is 7.65.